The van der Waals surface area contributed by atoms with E-state index in [2.05, 4.69) is 5.32 Å². The number of benzene rings is 2. The highest BCUT2D eigenvalue weighted by Gasteiger charge is 2.10. The zero-order valence-electron chi connectivity index (χ0n) is 10.8. The van der Waals surface area contributed by atoms with E-state index in [4.69, 9.17) is 5.73 Å². The molecule has 0 unspecified atom stereocenters. The molecule has 0 radical (unpaired) electrons. The first-order valence-corrected chi connectivity index (χ1v) is 7.26. The van der Waals surface area contributed by atoms with E-state index in [1.807, 2.05) is 53.2 Å². The average Bonchev–Trinajstić information content (AvgIpc) is 2.97. The average molecular weight is 282 g/mol. The standard InChI is InChI=1S/C16H14N2OS/c17-15-8-13-4-2-1-3-12(13)7-14(15)16(19)18-9-11-5-6-20-10-11/h1-8,10H,9,17H2,(H,18,19). The molecule has 100 valence electrons. The maximum absolute atomic E-state index is 12.2. The fraction of sp³-hybridized carbons (Fsp3) is 0.0625. The van der Waals surface area contributed by atoms with Crippen molar-refractivity contribution in [2.24, 2.45) is 0 Å². The van der Waals surface area contributed by atoms with Crippen LogP contribution in [0.15, 0.2) is 53.2 Å². The molecule has 0 spiro atoms. The molecule has 2 aromatic carbocycles. The molecule has 1 heterocycles. The summed E-state index contributed by atoms with van der Waals surface area (Å²) >= 11 is 1.62. The first-order chi connectivity index (χ1) is 9.74. The number of amides is 1. The molecule has 0 saturated heterocycles. The van der Waals surface area contributed by atoms with Crippen molar-refractivity contribution in [1.29, 1.82) is 0 Å². The van der Waals surface area contributed by atoms with Crippen molar-refractivity contribution in [2.75, 3.05) is 5.73 Å². The molecule has 0 aliphatic heterocycles. The second kappa shape index (κ2) is 5.35. The van der Waals surface area contributed by atoms with Crippen LogP contribution in [0.2, 0.25) is 0 Å². The Morgan fingerprint density at radius 2 is 1.90 bits per heavy atom. The highest BCUT2D eigenvalue weighted by Crippen LogP contribution is 2.21. The first kappa shape index (κ1) is 12.7. The van der Waals surface area contributed by atoms with Crippen molar-refractivity contribution in [3.63, 3.8) is 0 Å². The molecule has 20 heavy (non-hydrogen) atoms. The smallest absolute Gasteiger partial charge is 0.253 e. The van der Waals surface area contributed by atoms with E-state index in [9.17, 15) is 4.79 Å². The molecule has 4 heteroatoms. The van der Waals surface area contributed by atoms with Gasteiger partial charge in [0.15, 0.2) is 0 Å². The molecule has 3 N–H and O–H groups in total. The van der Waals surface area contributed by atoms with Gasteiger partial charge in [-0.25, -0.2) is 0 Å². The molecule has 1 aromatic heterocycles. The Hall–Kier alpha value is -2.33. The molecule has 3 rings (SSSR count). The lowest BCUT2D eigenvalue weighted by atomic mass is 10.0. The van der Waals surface area contributed by atoms with E-state index < -0.39 is 0 Å². The topological polar surface area (TPSA) is 55.1 Å². The van der Waals surface area contributed by atoms with Crippen LogP contribution in [0, 0.1) is 0 Å². The van der Waals surface area contributed by atoms with Crippen LogP contribution in [0.1, 0.15) is 15.9 Å². The van der Waals surface area contributed by atoms with E-state index in [0.29, 0.717) is 17.8 Å². The van der Waals surface area contributed by atoms with Gasteiger partial charge in [0.1, 0.15) is 0 Å². The molecule has 0 bridgehead atoms. The van der Waals surface area contributed by atoms with Crippen molar-refractivity contribution >= 4 is 33.7 Å². The number of hydrogen-bond acceptors (Lipinski definition) is 3. The third-order valence-corrected chi connectivity index (χ3v) is 3.93. The Bertz CT molecular complexity index is 750. The summed E-state index contributed by atoms with van der Waals surface area (Å²) in [5, 5.41) is 8.96. The third-order valence-electron chi connectivity index (χ3n) is 3.20. The van der Waals surface area contributed by atoms with Gasteiger partial charge in [0, 0.05) is 12.2 Å². The SMILES string of the molecule is Nc1cc2ccccc2cc1C(=O)NCc1ccsc1. The van der Waals surface area contributed by atoms with Gasteiger partial charge in [-0.2, -0.15) is 11.3 Å². The van der Waals surface area contributed by atoms with Gasteiger partial charge in [0.2, 0.25) is 0 Å². The number of nitrogens with two attached hydrogens (primary N) is 1. The van der Waals surface area contributed by atoms with Gasteiger partial charge >= 0.3 is 0 Å². The van der Waals surface area contributed by atoms with Crippen molar-refractivity contribution < 1.29 is 4.79 Å². The summed E-state index contributed by atoms with van der Waals surface area (Å²) in [4.78, 5) is 12.2. The van der Waals surface area contributed by atoms with Crippen LogP contribution in [0.4, 0.5) is 5.69 Å². The van der Waals surface area contributed by atoms with Gasteiger partial charge in [0.05, 0.1) is 5.56 Å². The summed E-state index contributed by atoms with van der Waals surface area (Å²) in [6.45, 7) is 0.522. The zero-order chi connectivity index (χ0) is 13.9. The molecule has 0 saturated carbocycles. The molecular weight excluding hydrogens is 268 g/mol. The summed E-state index contributed by atoms with van der Waals surface area (Å²) in [5.74, 6) is -0.139. The van der Waals surface area contributed by atoms with Crippen molar-refractivity contribution in [1.82, 2.24) is 5.32 Å². The van der Waals surface area contributed by atoms with Gasteiger partial charge < -0.3 is 11.1 Å². The Kier molecular flexibility index (Phi) is 3.39. The highest BCUT2D eigenvalue weighted by molar-refractivity contribution is 7.07. The van der Waals surface area contributed by atoms with Crippen LogP contribution >= 0.6 is 11.3 Å². The molecule has 0 atom stereocenters. The lowest BCUT2D eigenvalue weighted by molar-refractivity contribution is 0.0952. The van der Waals surface area contributed by atoms with E-state index in [1.165, 1.54) is 0 Å². The Labute approximate surface area is 121 Å². The summed E-state index contributed by atoms with van der Waals surface area (Å²) in [6, 6.07) is 13.5. The largest absolute Gasteiger partial charge is 0.398 e. The Balaban J connectivity index is 1.85. The molecule has 1 amide bonds. The minimum absolute atomic E-state index is 0.139. The molecule has 0 fully saturated rings. The monoisotopic (exact) mass is 282 g/mol. The molecule has 0 aliphatic rings. The number of rotatable bonds is 3. The number of thiophene rings is 1. The van der Waals surface area contributed by atoms with Gasteiger partial charge in [-0.05, 0) is 45.3 Å². The van der Waals surface area contributed by atoms with Crippen molar-refractivity contribution in [3.8, 4) is 0 Å². The minimum Gasteiger partial charge on any atom is -0.398 e. The van der Waals surface area contributed by atoms with E-state index >= 15 is 0 Å². The minimum atomic E-state index is -0.139. The van der Waals surface area contributed by atoms with Gasteiger partial charge in [0.25, 0.3) is 5.91 Å². The number of hydrogen-bond donors (Lipinski definition) is 2. The van der Waals surface area contributed by atoms with Crippen LogP contribution in [0.5, 0.6) is 0 Å². The highest BCUT2D eigenvalue weighted by atomic mass is 32.1. The molecule has 3 aromatic rings. The molecular formula is C16H14N2OS. The van der Waals surface area contributed by atoms with Crippen LogP contribution in [0.25, 0.3) is 10.8 Å². The predicted octanol–water partition coefficient (Wildman–Crippen LogP) is 3.41. The van der Waals surface area contributed by atoms with Crippen LogP contribution < -0.4 is 11.1 Å². The summed E-state index contributed by atoms with van der Waals surface area (Å²) in [5.41, 5.74) is 8.11. The maximum atomic E-state index is 12.2. The van der Waals surface area contributed by atoms with Gasteiger partial charge in [-0.15, -0.1) is 0 Å². The fourth-order valence-corrected chi connectivity index (χ4v) is 2.79. The zero-order valence-corrected chi connectivity index (χ0v) is 11.6. The third kappa shape index (κ3) is 2.51. The van der Waals surface area contributed by atoms with Crippen molar-refractivity contribution in [2.45, 2.75) is 6.54 Å². The van der Waals surface area contributed by atoms with Crippen LogP contribution in [-0.2, 0) is 6.54 Å². The van der Waals surface area contributed by atoms with Crippen LogP contribution in [-0.4, -0.2) is 5.91 Å². The number of carbonyl (C=O) groups excluding carboxylic acids is 1. The number of anilines is 1. The number of fused-ring (bicyclic) bond motifs is 1. The second-order valence-electron chi connectivity index (χ2n) is 4.60. The second-order valence-corrected chi connectivity index (χ2v) is 5.38. The maximum Gasteiger partial charge on any atom is 0.253 e. The summed E-state index contributed by atoms with van der Waals surface area (Å²) in [6.07, 6.45) is 0. The van der Waals surface area contributed by atoms with Gasteiger partial charge in [-0.1, -0.05) is 24.3 Å². The predicted molar refractivity (Wildman–Crippen MR) is 83.8 cm³/mol. The number of nitrogen functional groups attached to an aromatic ring is 1. The van der Waals surface area contributed by atoms with Crippen molar-refractivity contribution in [3.05, 3.63) is 64.4 Å². The normalized spacial score (nSPS) is 10.6. The Morgan fingerprint density at radius 3 is 2.60 bits per heavy atom. The van der Waals surface area contributed by atoms with Crippen LogP contribution in [0.3, 0.4) is 0 Å². The number of nitrogens with one attached hydrogen (secondary N) is 1. The summed E-state index contributed by atoms with van der Waals surface area (Å²) < 4.78 is 0. The van der Waals surface area contributed by atoms with E-state index in [-0.39, 0.29) is 5.91 Å². The summed E-state index contributed by atoms with van der Waals surface area (Å²) in [7, 11) is 0. The quantitative estimate of drug-likeness (QED) is 0.723. The Morgan fingerprint density at radius 1 is 1.15 bits per heavy atom. The van der Waals surface area contributed by atoms with Gasteiger partial charge in [-0.3, -0.25) is 4.79 Å². The molecule has 0 aliphatic carbocycles. The van der Waals surface area contributed by atoms with E-state index in [1.54, 1.807) is 11.3 Å². The van der Waals surface area contributed by atoms with E-state index in [0.717, 1.165) is 16.3 Å². The lowest BCUT2D eigenvalue weighted by Gasteiger charge is -2.08. The lowest BCUT2D eigenvalue weighted by Crippen LogP contribution is -2.23. The molecule has 3 nitrogen and oxygen atoms in total. The fourth-order valence-electron chi connectivity index (χ4n) is 2.13. The number of carbonyl (C=O) groups is 1. The first-order valence-electron chi connectivity index (χ1n) is 6.31.